The molecule has 1 amide bonds. The molecule has 1 aliphatic carbocycles. The number of nitrogens with one attached hydrogen (secondary N) is 1. The molecule has 1 aromatic carbocycles. The average Bonchev–Trinajstić information content (AvgIpc) is 2.95. The first-order valence-electron chi connectivity index (χ1n) is 6.77. The van der Waals surface area contributed by atoms with Crippen LogP contribution in [0.5, 0.6) is 11.5 Å². The van der Waals surface area contributed by atoms with E-state index < -0.39 is 0 Å². The van der Waals surface area contributed by atoms with Crippen LogP contribution in [-0.2, 0) is 0 Å². The van der Waals surface area contributed by atoms with Crippen LogP contribution < -0.4 is 14.8 Å². The largest absolute Gasteiger partial charge is 0.454 e. The number of hydrogen-bond donors (Lipinski definition) is 1. The van der Waals surface area contributed by atoms with Crippen LogP contribution in [0.2, 0.25) is 0 Å². The molecule has 0 spiro atoms. The summed E-state index contributed by atoms with van der Waals surface area (Å²) in [6.45, 7) is 4.66. The van der Waals surface area contributed by atoms with Gasteiger partial charge in [0.05, 0.1) is 0 Å². The lowest BCUT2D eigenvalue weighted by molar-refractivity contribution is 0.0909. The lowest BCUT2D eigenvalue weighted by atomic mass is 9.87. The maximum atomic E-state index is 12.3. The predicted molar refractivity (Wildman–Crippen MR) is 71.5 cm³/mol. The number of amides is 1. The van der Waals surface area contributed by atoms with Gasteiger partial charge < -0.3 is 14.8 Å². The second-order valence-electron chi connectivity index (χ2n) is 5.97. The van der Waals surface area contributed by atoms with E-state index in [0.29, 0.717) is 17.1 Å². The summed E-state index contributed by atoms with van der Waals surface area (Å²) in [6.07, 6.45) is 3.40. The van der Waals surface area contributed by atoms with Gasteiger partial charge in [-0.05, 0) is 36.5 Å². The summed E-state index contributed by atoms with van der Waals surface area (Å²) in [6, 6.07) is 5.58. The van der Waals surface area contributed by atoms with Crippen molar-refractivity contribution in [2.45, 2.75) is 39.2 Å². The van der Waals surface area contributed by atoms with Crippen LogP contribution in [0.25, 0.3) is 0 Å². The molecule has 1 aromatic rings. The van der Waals surface area contributed by atoms with E-state index in [9.17, 15) is 4.79 Å². The van der Waals surface area contributed by atoms with E-state index in [1.165, 1.54) is 12.8 Å². The van der Waals surface area contributed by atoms with Gasteiger partial charge in [-0.15, -0.1) is 0 Å². The van der Waals surface area contributed by atoms with Gasteiger partial charge in [-0.1, -0.05) is 20.3 Å². The van der Waals surface area contributed by atoms with Gasteiger partial charge in [0.2, 0.25) is 6.79 Å². The van der Waals surface area contributed by atoms with Gasteiger partial charge >= 0.3 is 0 Å². The highest BCUT2D eigenvalue weighted by Gasteiger charge is 2.35. The zero-order valence-electron chi connectivity index (χ0n) is 11.4. The highest BCUT2D eigenvalue weighted by atomic mass is 16.7. The Morgan fingerprint density at radius 1 is 1.32 bits per heavy atom. The summed E-state index contributed by atoms with van der Waals surface area (Å²) in [5, 5.41) is 3.14. The molecule has 1 N–H and O–H groups in total. The van der Waals surface area contributed by atoms with Crippen molar-refractivity contribution in [3.63, 3.8) is 0 Å². The third kappa shape index (κ3) is 2.27. The van der Waals surface area contributed by atoms with Crippen LogP contribution in [0.15, 0.2) is 18.2 Å². The van der Waals surface area contributed by atoms with Gasteiger partial charge in [0.1, 0.15) is 0 Å². The molecule has 4 nitrogen and oxygen atoms in total. The summed E-state index contributed by atoms with van der Waals surface area (Å²) >= 11 is 0. The minimum absolute atomic E-state index is 0.0294. The van der Waals surface area contributed by atoms with Crippen molar-refractivity contribution in [3.05, 3.63) is 23.8 Å². The van der Waals surface area contributed by atoms with Crippen LogP contribution >= 0.6 is 0 Å². The second-order valence-corrected chi connectivity index (χ2v) is 5.97. The van der Waals surface area contributed by atoms with E-state index in [0.717, 1.165) is 6.42 Å². The minimum atomic E-state index is -0.0294. The number of carbonyl (C=O) groups is 1. The van der Waals surface area contributed by atoms with E-state index in [4.69, 9.17) is 9.47 Å². The highest BCUT2D eigenvalue weighted by Crippen LogP contribution is 2.37. The molecule has 2 aliphatic rings. The molecule has 0 unspecified atom stereocenters. The van der Waals surface area contributed by atoms with Gasteiger partial charge in [-0.3, -0.25) is 4.79 Å². The van der Waals surface area contributed by atoms with Crippen molar-refractivity contribution in [1.29, 1.82) is 0 Å². The van der Waals surface area contributed by atoms with E-state index >= 15 is 0 Å². The van der Waals surface area contributed by atoms with Crippen LogP contribution in [-0.4, -0.2) is 18.7 Å². The summed E-state index contributed by atoms with van der Waals surface area (Å²) < 4.78 is 10.5. The number of ether oxygens (including phenoxy) is 2. The van der Waals surface area contributed by atoms with Gasteiger partial charge in [-0.2, -0.15) is 0 Å². The predicted octanol–water partition coefficient (Wildman–Crippen LogP) is 2.72. The molecule has 0 bridgehead atoms. The summed E-state index contributed by atoms with van der Waals surface area (Å²) in [5.41, 5.74) is 0.818. The van der Waals surface area contributed by atoms with Gasteiger partial charge in [0.25, 0.3) is 5.91 Å². The first-order valence-corrected chi connectivity index (χ1v) is 6.77. The number of benzene rings is 1. The quantitative estimate of drug-likeness (QED) is 0.890. The lowest BCUT2D eigenvalue weighted by Gasteiger charge is -2.27. The van der Waals surface area contributed by atoms with Crippen molar-refractivity contribution in [1.82, 2.24) is 5.32 Å². The molecule has 1 aliphatic heterocycles. The van der Waals surface area contributed by atoms with Crippen molar-refractivity contribution in [2.24, 2.45) is 5.41 Å². The van der Waals surface area contributed by atoms with E-state index in [1.54, 1.807) is 18.2 Å². The maximum Gasteiger partial charge on any atom is 0.251 e. The van der Waals surface area contributed by atoms with Gasteiger partial charge in [-0.25, -0.2) is 0 Å². The molecule has 0 radical (unpaired) electrons. The lowest BCUT2D eigenvalue weighted by Crippen LogP contribution is -2.41. The second kappa shape index (κ2) is 4.44. The topological polar surface area (TPSA) is 47.6 Å². The van der Waals surface area contributed by atoms with E-state index in [-0.39, 0.29) is 24.2 Å². The Balaban J connectivity index is 1.74. The molecule has 1 atom stereocenters. The zero-order chi connectivity index (χ0) is 13.5. The van der Waals surface area contributed by atoms with Crippen LogP contribution in [0.4, 0.5) is 0 Å². The van der Waals surface area contributed by atoms with Crippen LogP contribution in [0, 0.1) is 5.41 Å². The molecule has 1 fully saturated rings. The van der Waals surface area contributed by atoms with Crippen molar-refractivity contribution < 1.29 is 14.3 Å². The van der Waals surface area contributed by atoms with Crippen LogP contribution in [0.3, 0.4) is 0 Å². The molecule has 0 aromatic heterocycles. The normalized spacial score (nSPS) is 23.4. The average molecular weight is 261 g/mol. The minimum Gasteiger partial charge on any atom is -0.454 e. The van der Waals surface area contributed by atoms with Crippen molar-refractivity contribution in [3.8, 4) is 11.5 Å². The molecular formula is C15H19NO3. The molecular weight excluding hydrogens is 242 g/mol. The summed E-state index contributed by atoms with van der Waals surface area (Å²) in [5.74, 6) is 1.33. The summed E-state index contributed by atoms with van der Waals surface area (Å²) in [7, 11) is 0. The fourth-order valence-corrected chi connectivity index (χ4v) is 2.87. The Bertz CT molecular complexity index is 510. The smallest absolute Gasteiger partial charge is 0.251 e. The SMILES string of the molecule is CC1(C)CCC[C@@H]1NC(=O)c1ccc2c(c1)OCO2. The first kappa shape index (κ1) is 12.3. The monoisotopic (exact) mass is 261 g/mol. The van der Waals surface area contributed by atoms with Crippen LogP contribution in [0.1, 0.15) is 43.5 Å². The molecule has 4 heteroatoms. The third-order valence-electron chi connectivity index (χ3n) is 4.20. The first-order chi connectivity index (χ1) is 9.06. The molecule has 1 saturated carbocycles. The summed E-state index contributed by atoms with van der Waals surface area (Å²) in [4.78, 5) is 12.3. The zero-order valence-corrected chi connectivity index (χ0v) is 11.4. The van der Waals surface area contributed by atoms with E-state index in [1.807, 2.05) is 0 Å². The Morgan fingerprint density at radius 2 is 2.11 bits per heavy atom. The van der Waals surface area contributed by atoms with Gasteiger partial charge in [0.15, 0.2) is 11.5 Å². The Kier molecular flexibility index (Phi) is 2.88. The fourth-order valence-electron chi connectivity index (χ4n) is 2.87. The Morgan fingerprint density at radius 3 is 2.84 bits per heavy atom. The molecule has 0 saturated heterocycles. The Labute approximate surface area is 113 Å². The fraction of sp³-hybridized carbons (Fsp3) is 0.533. The maximum absolute atomic E-state index is 12.3. The molecule has 1 heterocycles. The number of rotatable bonds is 2. The Hall–Kier alpha value is -1.71. The number of fused-ring (bicyclic) bond motifs is 1. The van der Waals surface area contributed by atoms with Gasteiger partial charge in [0, 0.05) is 11.6 Å². The van der Waals surface area contributed by atoms with Crippen molar-refractivity contribution >= 4 is 5.91 Å². The van der Waals surface area contributed by atoms with E-state index in [2.05, 4.69) is 19.2 Å². The molecule has 19 heavy (non-hydrogen) atoms. The standard InChI is InChI=1S/C15H19NO3/c1-15(2)7-3-4-13(15)16-14(17)10-5-6-11-12(8-10)19-9-18-11/h5-6,8,13H,3-4,7,9H2,1-2H3,(H,16,17)/t13-/m0/s1. The highest BCUT2D eigenvalue weighted by molar-refractivity contribution is 5.95. The molecule has 3 rings (SSSR count). The third-order valence-corrected chi connectivity index (χ3v) is 4.20. The number of carbonyl (C=O) groups excluding carboxylic acids is 1. The number of hydrogen-bond acceptors (Lipinski definition) is 3. The van der Waals surface area contributed by atoms with Crippen molar-refractivity contribution in [2.75, 3.05) is 6.79 Å². The molecule has 102 valence electrons.